The molecule has 1 aromatic rings. The number of nitro benzene ring substituents is 1. The van der Waals surface area contributed by atoms with Crippen molar-refractivity contribution >= 4 is 15.7 Å². The second-order valence-electron chi connectivity index (χ2n) is 6.28. The Morgan fingerprint density at radius 2 is 1.50 bits per heavy atom. The second kappa shape index (κ2) is 7.69. The molecule has 0 fully saturated rings. The van der Waals surface area contributed by atoms with Crippen molar-refractivity contribution in [3.05, 3.63) is 39.9 Å². The summed E-state index contributed by atoms with van der Waals surface area (Å²) in [5.41, 5.74) is 0.519. The summed E-state index contributed by atoms with van der Waals surface area (Å²) in [6, 6.07) is 5.66. The number of rotatable bonds is 8. The van der Waals surface area contributed by atoms with Crippen molar-refractivity contribution in [2.45, 2.75) is 33.4 Å². The van der Waals surface area contributed by atoms with Crippen LogP contribution >= 0.6 is 0 Å². The number of hydrogen-bond acceptors (Lipinski definition) is 4. The number of sulfonamides is 1. The molecule has 0 atom stereocenters. The fourth-order valence-corrected chi connectivity index (χ4v) is 3.98. The van der Waals surface area contributed by atoms with Crippen LogP contribution in [-0.4, -0.2) is 30.7 Å². The zero-order valence-electron chi connectivity index (χ0n) is 13.5. The zero-order valence-corrected chi connectivity index (χ0v) is 14.3. The van der Waals surface area contributed by atoms with Gasteiger partial charge in [0.2, 0.25) is 10.0 Å². The van der Waals surface area contributed by atoms with E-state index in [1.165, 1.54) is 28.6 Å². The van der Waals surface area contributed by atoms with Gasteiger partial charge in [0.1, 0.15) is 0 Å². The van der Waals surface area contributed by atoms with E-state index in [0.29, 0.717) is 18.7 Å². The molecule has 0 amide bonds. The van der Waals surface area contributed by atoms with Crippen LogP contribution in [0.2, 0.25) is 0 Å². The molecule has 0 spiro atoms. The van der Waals surface area contributed by atoms with E-state index in [9.17, 15) is 18.5 Å². The average molecular weight is 328 g/mol. The minimum absolute atomic E-state index is 0.0395. The first kappa shape index (κ1) is 18.6. The molecular weight excluding hydrogens is 304 g/mol. The Morgan fingerprint density at radius 3 is 1.86 bits per heavy atom. The Morgan fingerprint density at radius 1 is 1.05 bits per heavy atom. The minimum Gasteiger partial charge on any atom is -0.258 e. The Bertz CT molecular complexity index is 584. The maximum Gasteiger partial charge on any atom is 0.269 e. The molecule has 0 heterocycles. The summed E-state index contributed by atoms with van der Waals surface area (Å²) in [7, 11) is -3.44. The van der Waals surface area contributed by atoms with Crippen molar-refractivity contribution in [1.82, 2.24) is 4.31 Å². The van der Waals surface area contributed by atoms with Crippen molar-refractivity contribution < 1.29 is 13.3 Å². The number of benzene rings is 1. The van der Waals surface area contributed by atoms with Crippen LogP contribution in [0.4, 0.5) is 5.69 Å². The summed E-state index contributed by atoms with van der Waals surface area (Å²) in [6.07, 6.45) is 0. The van der Waals surface area contributed by atoms with Crippen molar-refractivity contribution in [2.75, 3.05) is 13.1 Å². The molecule has 7 heteroatoms. The van der Waals surface area contributed by atoms with Gasteiger partial charge in [-0.25, -0.2) is 12.7 Å². The van der Waals surface area contributed by atoms with Crippen LogP contribution in [-0.2, 0) is 15.8 Å². The van der Waals surface area contributed by atoms with Gasteiger partial charge in [0.25, 0.3) is 5.69 Å². The van der Waals surface area contributed by atoms with Crippen LogP contribution in [0.5, 0.6) is 0 Å². The standard InChI is InChI=1S/C15H24N2O4S/c1-12(2)9-16(10-13(3)4)22(20,21)11-14-5-7-15(8-6-14)17(18)19/h5-8,12-13H,9-11H2,1-4H3. The van der Waals surface area contributed by atoms with Crippen LogP contribution < -0.4 is 0 Å². The predicted octanol–water partition coefficient (Wildman–Crippen LogP) is 3.04. The van der Waals surface area contributed by atoms with E-state index < -0.39 is 14.9 Å². The fraction of sp³-hybridized carbons (Fsp3) is 0.600. The lowest BCUT2D eigenvalue weighted by Crippen LogP contribution is -2.37. The van der Waals surface area contributed by atoms with E-state index in [4.69, 9.17) is 0 Å². The number of nitro groups is 1. The Hall–Kier alpha value is -1.47. The van der Waals surface area contributed by atoms with Crippen LogP contribution in [0, 0.1) is 22.0 Å². The van der Waals surface area contributed by atoms with Gasteiger partial charge < -0.3 is 0 Å². The summed E-state index contributed by atoms with van der Waals surface area (Å²) < 4.78 is 26.7. The highest BCUT2D eigenvalue weighted by atomic mass is 32.2. The molecule has 6 nitrogen and oxygen atoms in total. The lowest BCUT2D eigenvalue weighted by Gasteiger charge is -2.25. The van der Waals surface area contributed by atoms with Gasteiger partial charge in [-0.2, -0.15) is 0 Å². The summed E-state index contributed by atoms with van der Waals surface area (Å²) in [5.74, 6) is 0.348. The van der Waals surface area contributed by atoms with E-state index in [-0.39, 0.29) is 23.3 Å². The van der Waals surface area contributed by atoms with Crippen LogP contribution in [0.25, 0.3) is 0 Å². The van der Waals surface area contributed by atoms with E-state index in [2.05, 4.69) is 0 Å². The van der Waals surface area contributed by atoms with Gasteiger partial charge >= 0.3 is 0 Å². The highest BCUT2D eigenvalue weighted by Gasteiger charge is 2.24. The molecule has 0 radical (unpaired) electrons. The van der Waals surface area contributed by atoms with Crippen LogP contribution in [0.1, 0.15) is 33.3 Å². The third-order valence-electron chi connectivity index (χ3n) is 3.03. The Kier molecular flexibility index (Phi) is 6.49. The molecular formula is C15H24N2O4S. The van der Waals surface area contributed by atoms with Gasteiger partial charge in [-0.3, -0.25) is 10.1 Å². The van der Waals surface area contributed by atoms with Crippen molar-refractivity contribution in [3.8, 4) is 0 Å². The molecule has 22 heavy (non-hydrogen) atoms. The number of hydrogen-bond donors (Lipinski definition) is 0. The molecule has 0 aliphatic carbocycles. The fourth-order valence-electron chi connectivity index (χ4n) is 2.13. The highest BCUT2D eigenvalue weighted by molar-refractivity contribution is 7.88. The van der Waals surface area contributed by atoms with Crippen LogP contribution in [0.15, 0.2) is 24.3 Å². The topological polar surface area (TPSA) is 80.5 Å². The van der Waals surface area contributed by atoms with Gasteiger partial charge in [0, 0.05) is 25.2 Å². The smallest absolute Gasteiger partial charge is 0.258 e. The van der Waals surface area contributed by atoms with E-state index in [1.807, 2.05) is 27.7 Å². The Balaban J connectivity index is 2.92. The third kappa shape index (κ3) is 5.73. The molecule has 124 valence electrons. The molecule has 0 saturated heterocycles. The normalized spacial score (nSPS) is 12.3. The first-order chi connectivity index (χ1) is 10.1. The molecule has 1 rings (SSSR count). The summed E-state index contributed by atoms with van der Waals surface area (Å²) in [5, 5.41) is 10.6. The van der Waals surface area contributed by atoms with Gasteiger partial charge in [0.15, 0.2) is 0 Å². The number of non-ortho nitro benzene ring substituents is 1. The molecule has 0 N–H and O–H groups in total. The lowest BCUT2D eigenvalue weighted by molar-refractivity contribution is -0.384. The molecule has 0 unspecified atom stereocenters. The average Bonchev–Trinajstić information content (AvgIpc) is 2.37. The maximum absolute atomic E-state index is 12.6. The molecule has 0 aromatic heterocycles. The second-order valence-corrected chi connectivity index (χ2v) is 8.25. The summed E-state index contributed by atoms with van der Waals surface area (Å²) >= 11 is 0. The monoisotopic (exact) mass is 328 g/mol. The molecule has 0 aliphatic heterocycles. The zero-order chi connectivity index (χ0) is 16.9. The SMILES string of the molecule is CC(C)CN(CC(C)C)S(=O)(=O)Cc1ccc([N+](=O)[O-])cc1. The van der Waals surface area contributed by atoms with Crippen molar-refractivity contribution in [3.63, 3.8) is 0 Å². The lowest BCUT2D eigenvalue weighted by atomic mass is 10.2. The predicted molar refractivity (Wildman–Crippen MR) is 87.0 cm³/mol. The Labute approximate surface area is 132 Å². The van der Waals surface area contributed by atoms with Gasteiger partial charge in [-0.15, -0.1) is 0 Å². The molecule has 0 bridgehead atoms. The maximum atomic E-state index is 12.6. The highest BCUT2D eigenvalue weighted by Crippen LogP contribution is 2.17. The first-order valence-electron chi connectivity index (χ1n) is 7.33. The van der Waals surface area contributed by atoms with Gasteiger partial charge in [-0.05, 0) is 17.4 Å². The molecule has 0 aliphatic rings. The summed E-state index contributed by atoms with van der Waals surface area (Å²) in [4.78, 5) is 10.1. The van der Waals surface area contributed by atoms with Crippen LogP contribution in [0.3, 0.4) is 0 Å². The first-order valence-corrected chi connectivity index (χ1v) is 8.94. The minimum atomic E-state index is -3.44. The van der Waals surface area contributed by atoms with Gasteiger partial charge in [-0.1, -0.05) is 39.8 Å². The van der Waals surface area contributed by atoms with Crippen molar-refractivity contribution in [1.29, 1.82) is 0 Å². The third-order valence-corrected chi connectivity index (χ3v) is 4.81. The van der Waals surface area contributed by atoms with Crippen molar-refractivity contribution in [2.24, 2.45) is 11.8 Å². The molecule has 1 aromatic carbocycles. The molecule has 0 saturated carbocycles. The number of nitrogens with zero attached hydrogens (tertiary/aromatic N) is 2. The van der Waals surface area contributed by atoms with E-state index in [0.717, 1.165) is 0 Å². The largest absolute Gasteiger partial charge is 0.269 e. The summed E-state index contributed by atoms with van der Waals surface area (Å²) in [6.45, 7) is 8.88. The van der Waals surface area contributed by atoms with Gasteiger partial charge in [0.05, 0.1) is 10.7 Å². The van der Waals surface area contributed by atoms with E-state index in [1.54, 1.807) is 0 Å². The quantitative estimate of drug-likeness (QED) is 0.542. The van der Waals surface area contributed by atoms with E-state index >= 15 is 0 Å².